The third-order valence-corrected chi connectivity index (χ3v) is 9.57. The normalized spacial score (nSPS) is 19.0. The van der Waals surface area contributed by atoms with Gasteiger partial charge in [0.05, 0.1) is 15.7 Å². The first-order valence-corrected chi connectivity index (χ1v) is 14.0. The number of rotatable bonds is 7. The molecular weight excluding hydrogens is 588 g/mol. The van der Waals surface area contributed by atoms with Crippen molar-refractivity contribution in [1.29, 1.82) is 0 Å². The van der Waals surface area contributed by atoms with Crippen LogP contribution in [0.3, 0.4) is 0 Å². The van der Waals surface area contributed by atoms with Gasteiger partial charge in [0.2, 0.25) is 0 Å². The van der Waals surface area contributed by atoms with Gasteiger partial charge >= 0.3 is 24.8 Å². The van der Waals surface area contributed by atoms with Crippen molar-refractivity contribution in [1.82, 2.24) is 15.3 Å². The van der Waals surface area contributed by atoms with Gasteiger partial charge in [0, 0.05) is 43.1 Å². The minimum absolute atomic E-state index is 0. The van der Waals surface area contributed by atoms with Crippen LogP contribution in [-0.4, -0.2) is 64.9 Å². The van der Waals surface area contributed by atoms with E-state index in [0.29, 0.717) is 45.8 Å². The third kappa shape index (κ3) is 5.64. The SMILES string of the molecule is Cc1[nH]c(C(=O)N[C@H]2[C@@H]3CN(c4nc(Cc5cccc(-c6ccc(F)c(F)c6)c5)c(C(=O)O)s4)C[C@@H]32)c(Cl)c1Cl.[LiH]. The number of nitrogens with zero attached hydrogens (tertiary/aromatic N) is 2. The summed E-state index contributed by atoms with van der Waals surface area (Å²) in [5.41, 5.74) is 3.32. The Kier molecular flexibility index (Phi) is 8.25. The van der Waals surface area contributed by atoms with Crippen molar-refractivity contribution in [3.8, 4) is 11.1 Å². The second kappa shape index (κ2) is 11.4. The Hall–Kier alpha value is -2.87. The van der Waals surface area contributed by atoms with Crippen LogP contribution in [0.1, 0.15) is 37.1 Å². The summed E-state index contributed by atoms with van der Waals surface area (Å²) in [6.45, 7) is 3.03. The fraction of sp³-hybridized carbons (Fsp3) is 0.250. The number of anilines is 1. The number of carbonyl (C=O) groups excluding carboxylic acids is 1. The summed E-state index contributed by atoms with van der Waals surface area (Å²) in [6, 6.07) is 10.9. The standard InChI is InChI=1S/C28H22Cl2F2N4O3S.Li.H/c1-12-21(29)22(30)24(33-12)26(37)35-23-16-10-36(11-17(16)23)28-34-20(25(40-28)27(38)39)8-13-3-2-4-14(7-13)15-5-6-18(31)19(32)9-15;;/h2-7,9,16-17,23,33H,8,10-11H2,1H3,(H,35,37)(H,38,39);;/t16-,17+,23+;;. The van der Waals surface area contributed by atoms with Gasteiger partial charge in [-0.1, -0.05) is 64.9 Å². The van der Waals surface area contributed by atoms with E-state index < -0.39 is 17.6 Å². The molecule has 3 atom stereocenters. The number of aromatic nitrogens is 2. The van der Waals surface area contributed by atoms with Gasteiger partial charge in [0.1, 0.15) is 10.6 Å². The quantitative estimate of drug-likeness (QED) is 0.239. The van der Waals surface area contributed by atoms with E-state index in [1.807, 2.05) is 12.1 Å². The first kappa shape index (κ1) is 29.6. The fourth-order valence-corrected chi connectivity index (χ4v) is 6.70. The molecule has 4 aromatic rings. The Morgan fingerprint density at radius 3 is 2.44 bits per heavy atom. The summed E-state index contributed by atoms with van der Waals surface area (Å²) in [5.74, 6) is -2.76. The predicted molar refractivity (Wildman–Crippen MR) is 157 cm³/mol. The summed E-state index contributed by atoms with van der Waals surface area (Å²) < 4.78 is 27.1. The molecule has 1 aliphatic carbocycles. The molecule has 0 radical (unpaired) electrons. The van der Waals surface area contributed by atoms with E-state index in [0.717, 1.165) is 29.0 Å². The molecule has 2 fully saturated rings. The Labute approximate surface area is 260 Å². The fourth-order valence-electron chi connectivity index (χ4n) is 5.34. The average molecular weight is 611 g/mol. The number of amides is 1. The molecule has 0 spiro atoms. The number of piperidine rings is 1. The van der Waals surface area contributed by atoms with E-state index in [4.69, 9.17) is 23.2 Å². The summed E-state index contributed by atoms with van der Waals surface area (Å²) in [4.78, 5) is 34.5. The van der Waals surface area contributed by atoms with Crippen LogP contribution >= 0.6 is 34.5 Å². The van der Waals surface area contributed by atoms with E-state index in [2.05, 4.69) is 20.2 Å². The number of hydrogen-bond donors (Lipinski definition) is 3. The topological polar surface area (TPSA) is 98.3 Å². The molecule has 13 heteroatoms. The summed E-state index contributed by atoms with van der Waals surface area (Å²) >= 11 is 13.4. The van der Waals surface area contributed by atoms with Gasteiger partial charge in [-0.05, 0) is 35.7 Å². The molecule has 1 saturated heterocycles. The van der Waals surface area contributed by atoms with E-state index in [9.17, 15) is 23.5 Å². The maximum atomic E-state index is 13.7. The van der Waals surface area contributed by atoms with E-state index >= 15 is 0 Å². The van der Waals surface area contributed by atoms with Crippen LogP contribution in [0.4, 0.5) is 13.9 Å². The van der Waals surface area contributed by atoms with Gasteiger partial charge in [0.25, 0.3) is 5.91 Å². The molecule has 3 N–H and O–H groups in total. The van der Waals surface area contributed by atoms with Crippen molar-refractivity contribution in [2.24, 2.45) is 11.8 Å². The summed E-state index contributed by atoms with van der Waals surface area (Å²) in [5, 5.41) is 14.0. The first-order chi connectivity index (χ1) is 19.1. The van der Waals surface area contributed by atoms with Crippen molar-refractivity contribution >= 4 is 70.4 Å². The average Bonchev–Trinajstić information content (AvgIpc) is 3.28. The number of fused-ring (bicyclic) bond motifs is 1. The van der Waals surface area contributed by atoms with Gasteiger partial charge in [-0.15, -0.1) is 0 Å². The first-order valence-electron chi connectivity index (χ1n) is 12.5. The molecule has 7 nitrogen and oxygen atoms in total. The van der Waals surface area contributed by atoms with Crippen LogP contribution in [0, 0.1) is 30.4 Å². The van der Waals surface area contributed by atoms with Gasteiger partial charge in [-0.3, -0.25) is 4.79 Å². The zero-order valence-corrected chi connectivity index (χ0v) is 23.3. The van der Waals surface area contributed by atoms with Gasteiger partial charge in [0.15, 0.2) is 16.8 Å². The molecule has 6 rings (SSSR count). The van der Waals surface area contributed by atoms with Crippen LogP contribution in [0.25, 0.3) is 11.1 Å². The number of aryl methyl sites for hydroxylation is 1. The van der Waals surface area contributed by atoms with Gasteiger partial charge < -0.3 is 20.3 Å². The predicted octanol–water partition coefficient (Wildman–Crippen LogP) is 5.54. The minimum atomic E-state index is -1.05. The Morgan fingerprint density at radius 1 is 1.10 bits per heavy atom. The zero-order chi connectivity index (χ0) is 28.3. The van der Waals surface area contributed by atoms with Crippen LogP contribution in [-0.2, 0) is 6.42 Å². The number of nitrogens with one attached hydrogen (secondary N) is 2. The second-order valence-corrected chi connectivity index (χ2v) is 11.8. The number of hydrogen-bond acceptors (Lipinski definition) is 5. The maximum absolute atomic E-state index is 13.7. The number of carboxylic acid groups (broad SMARTS) is 1. The van der Waals surface area contributed by atoms with Crippen molar-refractivity contribution in [2.45, 2.75) is 19.4 Å². The van der Waals surface area contributed by atoms with E-state index in [-0.39, 0.29) is 64.7 Å². The second-order valence-electron chi connectivity index (χ2n) is 10.1. The number of aromatic carboxylic acids is 1. The molecule has 1 saturated carbocycles. The molecule has 2 aliphatic rings. The number of thiazole rings is 1. The number of aromatic amines is 1. The Morgan fingerprint density at radius 2 is 1.80 bits per heavy atom. The van der Waals surface area contributed by atoms with Gasteiger partial charge in [-0.25, -0.2) is 18.6 Å². The third-order valence-electron chi connectivity index (χ3n) is 7.48. The van der Waals surface area contributed by atoms with Crippen molar-refractivity contribution in [2.75, 3.05) is 18.0 Å². The number of H-pyrrole nitrogens is 1. The van der Waals surface area contributed by atoms with Crippen molar-refractivity contribution in [3.05, 3.63) is 91.7 Å². The van der Waals surface area contributed by atoms with Crippen LogP contribution in [0.5, 0.6) is 0 Å². The molecule has 2 aromatic carbocycles. The molecule has 2 aromatic heterocycles. The monoisotopic (exact) mass is 610 g/mol. The van der Waals surface area contributed by atoms with Crippen molar-refractivity contribution < 1.29 is 23.5 Å². The molecule has 1 amide bonds. The van der Waals surface area contributed by atoms with Crippen molar-refractivity contribution in [3.63, 3.8) is 0 Å². The van der Waals surface area contributed by atoms with Crippen LogP contribution in [0.15, 0.2) is 42.5 Å². The number of carboxylic acids is 1. The van der Waals surface area contributed by atoms with Crippen LogP contribution < -0.4 is 10.2 Å². The molecule has 3 heterocycles. The Balaban J connectivity index is 0.00000337. The number of benzene rings is 2. The molecule has 208 valence electrons. The molecular formula is C28H23Cl2F2LiN4O3S. The zero-order valence-electron chi connectivity index (χ0n) is 21.0. The molecule has 0 unspecified atom stereocenters. The molecule has 0 bridgehead atoms. The van der Waals surface area contributed by atoms with Crippen LogP contribution in [0.2, 0.25) is 10.0 Å². The molecule has 41 heavy (non-hydrogen) atoms. The number of halogens is 4. The summed E-state index contributed by atoms with van der Waals surface area (Å²) in [6.07, 6.45) is 0.272. The van der Waals surface area contributed by atoms with E-state index in [1.54, 1.807) is 19.1 Å². The van der Waals surface area contributed by atoms with E-state index in [1.165, 1.54) is 6.07 Å². The summed E-state index contributed by atoms with van der Waals surface area (Å²) in [7, 11) is 0. The molecule has 1 aliphatic heterocycles. The Bertz CT molecular complexity index is 1670. The number of carbonyl (C=O) groups is 2. The van der Waals surface area contributed by atoms with Gasteiger partial charge in [-0.2, -0.15) is 0 Å².